The molecule has 0 radical (unpaired) electrons. The molecule has 0 unspecified atom stereocenters. The Morgan fingerprint density at radius 1 is 1.29 bits per heavy atom. The third-order valence-corrected chi connectivity index (χ3v) is 5.11. The maximum atomic E-state index is 12.5. The predicted molar refractivity (Wildman–Crippen MR) is 84.1 cm³/mol. The number of allylic oxidation sites excluding steroid dienone is 2. The van der Waals surface area contributed by atoms with Gasteiger partial charge >= 0.3 is 0 Å². The molecule has 1 amide bonds. The number of nitrogens with one attached hydrogen (secondary N) is 1. The Balaban J connectivity index is 1.50. The van der Waals surface area contributed by atoms with Crippen LogP contribution in [0.25, 0.3) is 10.9 Å². The molecular weight excluding hydrogens is 260 g/mol. The van der Waals surface area contributed by atoms with Crippen LogP contribution in [-0.4, -0.2) is 17.0 Å². The lowest BCUT2D eigenvalue weighted by atomic mass is 9.93. The highest BCUT2D eigenvalue weighted by Gasteiger charge is 2.35. The number of amides is 1. The molecule has 108 valence electrons. The summed E-state index contributed by atoms with van der Waals surface area (Å²) in [5.74, 6) is 2.12. The van der Waals surface area contributed by atoms with Crippen molar-refractivity contribution in [1.29, 1.82) is 0 Å². The molecule has 1 N–H and O–H groups in total. The van der Waals surface area contributed by atoms with Crippen LogP contribution in [0.2, 0.25) is 0 Å². The maximum absolute atomic E-state index is 12.5. The minimum atomic E-state index is 0.0542. The van der Waals surface area contributed by atoms with Gasteiger partial charge in [-0.2, -0.15) is 0 Å². The van der Waals surface area contributed by atoms with Gasteiger partial charge in [0.05, 0.1) is 0 Å². The van der Waals surface area contributed by atoms with Gasteiger partial charge in [0.15, 0.2) is 0 Å². The highest BCUT2D eigenvalue weighted by atomic mass is 16.1. The van der Waals surface area contributed by atoms with E-state index < -0.39 is 0 Å². The molecule has 3 nitrogen and oxygen atoms in total. The molecular formula is C18H20N2O. The van der Waals surface area contributed by atoms with E-state index in [0.717, 1.165) is 28.9 Å². The van der Waals surface area contributed by atoms with E-state index in [1.165, 1.54) is 12.8 Å². The first-order valence-corrected chi connectivity index (χ1v) is 7.73. The fraction of sp³-hybridized carbons (Fsp3) is 0.389. The highest BCUT2D eigenvalue weighted by molar-refractivity contribution is 6.06. The lowest BCUT2D eigenvalue weighted by Crippen LogP contribution is -2.31. The van der Waals surface area contributed by atoms with Gasteiger partial charge in [-0.25, -0.2) is 0 Å². The van der Waals surface area contributed by atoms with Crippen LogP contribution in [0.3, 0.4) is 0 Å². The quantitative estimate of drug-likeness (QED) is 0.861. The van der Waals surface area contributed by atoms with E-state index in [9.17, 15) is 4.79 Å². The van der Waals surface area contributed by atoms with Gasteiger partial charge in [-0.05, 0) is 48.8 Å². The van der Waals surface area contributed by atoms with Gasteiger partial charge in [0.1, 0.15) is 0 Å². The Morgan fingerprint density at radius 2 is 2.19 bits per heavy atom. The van der Waals surface area contributed by atoms with Crippen LogP contribution in [0, 0.1) is 17.8 Å². The van der Waals surface area contributed by atoms with Crippen molar-refractivity contribution >= 4 is 16.8 Å². The number of hydrogen-bond acceptors (Lipinski definition) is 1. The minimum Gasteiger partial charge on any atom is -0.352 e. The number of hydrogen-bond donors (Lipinski definition) is 1. The largest absolute Gasteiger partial charge is 0.352 e. The smallest absolute Gasteiger partial charge is 0.251 e. The second-order valence-electron chi connectivity index (χ2n) is 6.42. The molecule has 0 spiro atoms. The summed E-state index contributed by atoms with van der Waals surface area (Å²) in [6.45, 7) is 0.799. The summed E-state index contributed by atoms with van der Waals surface area (Å²) in [6, 6.07) is 7.94. The zero-order chi connectivity index (χ0) is 14.4. The molecule has 1 aromatic heterocycles. The molecule has 3 heteroatoms. The second-order valence-corrected chi connectivity index (χ2v) is 6.42. The molecule has 1 aromatic carbocycles. The van der Waals surface area contributed by atoms with Crippen LogP contribution in [-0.2, 0) is 7.05 Å². The summed E-state index contributed by atoms with van der Waals surface area (Å²) in [6.07, 6.45) is 9.20. The van der Waals surface area contributed by atoms with Crippen molar-refractivity contribution < 1.29 is 4.79 Å². The first kappa shape index (κ1) is 12.7. The monoisotopic (exact) mass is 280 g/mol. The van der Waals surface area contributed by atoms with Crippen molar-refractivity contribution in [2.24, 2.45) is 24.8 Å². The predicted octanol–water partition coefficient (Wildman–Crippen LogP) is 3.12. The fourth-order valence-electron chi connectivity index (χ4n) is 3.95. The van der Waals surface area contributed by atoms with Crippen LogP contribution in [0.4, 0.5) is 0 Å². The molecule has 0 aliphatic heterocycles. The van der Waals surface area contributed by atoms with Crippen molar-refractivity contribution in [3.8, 4) is 0 Å². The van der Waals surface area contributed by atoms with Crippen LogP contribution in [0.5, 0.6) is 0 Å². The summed E-state index contributed by atoms with van der Waals surface area (Å²) in [5, 5.41) is 4.18. The van der Waals surface area contributed by atoms with Crippen molar-refractivity contribution in [2.45, 2.75) is 12.8 Å². The summed E-state index contributed by atoms with van der Waals surface area (Å²) in [5.41, 5.74) is 1.89. The Bertz CT molecular complexity index is 728. The number of benzene rings is 1. The third-order valence-electron chi connectivity index (χ3n) is 5.11. The molecule has 21 heavy (non-hydrogen) atoms. The molecule has 1 fully saturated rings. The number of carbonyl (C=O) groups excluding carboxylic acids is 1. The lowest BCUT2D eigenvalue weighted by molar-refractivity contribution is 0.0946. The van der Waals surface area contributed by atoms with Gasteiger partial charge in [0.25, 0.3) is 5.91 Å². The average Bonchev–Trinajstić information content (AvgIpc) is 3.20. The summed E-state index contributed by atoms with van der Waals surface area (Å²) >= 11 is 0. The Labute approximate surface area is 124 Å². The van der Waals surface area contributed by atoms with E-state index in [4.69, 9.17) is 0 Å². The Kier molecular flexibility index (Phi) is 2.88. The zero-order valence-electron chi connectivity index (χ0n) is 12.3. The van der Waals surface area contributed by atoms with Crippen molar-refractivity contribution in [1.82, 2.24) is 9.88 Å². The van der Waals surface area contributed by atoms with E-state index in [1.54, 1.807) is 0 Å². The maximum Gasteiger partial charge on any atom is 0.251 e. The number of fused-ring (bicyclic) bond motifs is 3. The van der Waals surface area contributed by atoms with E-state index >= 15 is 0 Å². The second kappa shape index (κ2) is 4.76. The SMILES string of the molecule is Cn1ccc2c(C(=O)NC[C@H]3C[C@@H]4C=C[C@@H]3C4)cccc21. The van der Waals surface area contributed by atoms with Crippen LogP contribution < -0.4 is 5.32 Å². The molecule has 4 rings (SSSR count). The number of aryl methyl sites for hydroxylation is 1. The Hall–Kier alpha value is -2.03. The number of nitrogens with zero attached hydrogens (tertiary/aromatic N) is 1. The molecule has 2 aromatic rings. The van der Waals surface area contributed by atoms with Gasteiger partial charge < -0.3 is 9.88 Å². The summed E-state index contributed by atoms with van der Waals surface area (Å²) < 4.78 is 2.05. The van der Waals surface area contributed by atoms with Gasteiger partial charge in [-0.1, -0.05) is 18.2 Å². The number of rotatable bonds is 3. The normalized spacial score (nSPS) is 26.6. The average molecular weight is 280 g/mol. The van der Waals surface area contributed by atoms with Crippen LogP contribution >= 0.6 is 0 Å². The topological polar surface area (TPSA) is 34.0 Å². The lowest BCUT2D eigenvalue weighted by Gasteiger charge is -2.18. The first-order chi connectivity index (χ1) is 10.2. The van der Waals surface area contributed by atoms with E-state index in [2.05, 4.69) is 17.5 Å². The van der Waals surface area contributed by atoms with E-state index in [-0.39, 0.29) is 5.91 Å². The molecule has 3 atom stereocenters. The van der Waals surface area contributed by atoms with E-state index in [0.29, 0.717) is 11.8 Å². The molecule has 2 bridgehead atoms. The third kappa shape index (κ3) is 2.08. The fourth-order valence-corrected chi connectivity index (χ4v) is 3.95. The van der Waals surface area contributed by atoms with Crippen molar-refractivity contribution in [3.05, 3.63) is 48.2 Å². The minimum absolute atomic E-state index is 0.0542. The van der Waals surface area contributed by atoms with Gasteiger partial charge in [0.2, 0.25) is 0 Å². The van der Waals surface area contributed by atoms with Crippen LogP contribution in [0.15, 0.2) is 42.6 Å². The standard InChI is InChI=1S/C18H20N2O/c1-20-8-7-15-16(3-2-4-17(15)20)18(21)19-11-14-10-12-5-6-13(14)9-12/h2-8,12-14H,9-11H2,1H3,(H,19,21)/t12-,13-,14-/m1/s1. The summed E-state index contributed by atoms with van der Waals surface area (Å²) in [7, 11) is 2.01. The summed E-state index contributed by atoms with van der Waals surface area (Å²) in [4.78, 5) is 12.5. The van der Waals surface area contributed by atoms with Gasteiger partial charge in [-0.3, -0.25) is 4.79 Å². The Morgan fingerprint density at radius 3 is 2.95 bits per heavy atom. The van der Waals surface area contributed by atoms with E-state index in [1.807, 2.05) is 42.1 Å². The molecule has 1 saturated carbocycles. The van der Waals surface area contributed by atoms with Crippen molar-refractivity contribution in [3.63, 3.8) is 0 Å². The first-order valence-electron chi connectivity index (χ1n) is 7.73. The molecule has 1 heterocycles. The molecule has 2 aliphatic carbocycles. The van der Waals surface area contributed by atoms with Crippen LogP contribution in [0.1, 0.15) is 23.2 Å². The van der Waals surface area contributed by atoms with Gasteiger partial charge in [-0.15, -0.1) is 0 Å². The zero-order valence-corrected chi connectivity index (χ0v) is 12.3. The molecule has 2 aliphatic rings. The number of aromatic nitrogens is 1. The number of carbonyl (C=O) groups is 1. The van der Waals surface area contributed by atoms with Crippen molar-refractivity contribution in [2.75, 3.05) is 6.54 Å². The highest BCUT2D eigenvalue weighted by Crippen LogP contribution is 2.42. The van der Waals surface area contributed by atoms with Gasteiger partial charge in [0, 0.05) is 36.3 Å². The molecule has 0 saturated heterocycles.